The zero-order chi connectivity index (χ0) is 17.1. The highest BCUT2D eigenvalue weighted by molar-refractivity contribution is 7.14. The molecule has 24 heavy (non-hydrogen) atoms. The highest BCUT2D eigenvalue weighted by atomic mass is 32.1. The number of nitrogens with zero attached hydrogens (tertiary/aromatic N) is 3. The average molecular weight is 348 g/mol. The lowest BCUT2D eigenvalue weighted by Crippen LogP contribution is -2.48. The summed E-state index contributed by atoms with van der Waals surface area (Å²) >= 11 is 1.43. The second kappa shape index (κ2) is 7.38. The first kappa shape index (κ1) is 17.0. The zero-order valence-electron chi connectivity index (χ0n) is 13.8. The third kappa shape index (κ3) is 3.98. The molecule has 0 aliphatic carbocycles. The number of halogens is 1. The number of anilines is 2. The summed E-state index contributed by atoms with van der Waals surface area (Å²) < 4.78 is 13.1. The van der Waals surface area contributed by atoms with Gasteiger partial charge in [0.2, 0.25) is 5.91 Å². The number of rotatable bonds is 4. The van der Waals surface area contributed by atoms with Crippen molar-refractivity contribution in [2.75, 3.05) is 24.5 Å². The van der Waals surface area contributed by atoms with E-state index in [0.717, 1.165) is 31.9 Å². The smallest absolute Gasteiger partial charge is 0.230 e. The number of hydrogen-bond acceptors (Lipinski definition) is 5. The third-order valence-electron chi connectivity index (χ3n) is 3.97. The van der Waals surface area contributed by atoms with E-state index in [1.807, 2.05) is 5.38 Å². The molecule has 1 aromatic carbocycles. The molecule has 0 unspecified atom stereocenters. The molecule has 3 rings (SSSR count). The van der Waals surface area contributed by atoms with Crippen molar-refractivity contribution in [1.29, 1.82) is 0 Å². The van der Waals surface area contributed by atoms with Crippen LogP contribution in [0.5, 0.6) is 0 Å². The predicted octanol–water partition coefficient (Wildman–Crippen LogP) is 2.76. The van der Waals surface area contributed by atoms with Crippen molar-refractivity contribution in [2.45, 2.75) is 26.4 Å². The van der Waals surface area contributed by atoms with Gasteiger partial charge >= 0.3 is 0 Å². The van der Waals surface area contributed by atoms with Gasteiger partial charge in [-0.25, -0.2) is 9.37 Å². The van der Waals surface area contributed by atoms with E-state index in [9.17, 15) is 9.18 Å². The summed E-state index contributed by atoms with van der Waals surface area (Å²) in [7, 11) is 0. The SMILES string of the molecule is CC(=O)N(c1ccc(F)cc1)c1nc(CN2CCN[C@@H](C)C2)cs1. The Balaban J connectivity index is 1.76. The van der Waals surface area contributed by atoms with Crippen LogP contribution in [-0.4, -0.2) is 41.5 Å². The molecule has 1 atom stereocenters. The Morgan fingerprint density at radius 2 is 2.21 bits per heavy atom. The van der Waals surface area contributed by atoms with Crippen molar-refractivity contribution in [1.82, 2.24) is 15.2 Å². The van der Waals surface area contributed by atoms with E-state index in [1.54, 1.807) is 12.1 Å². The number of piperazine rings is 1. The molecule has 7 heteroatoms. The molecule has 0 radical (unpaired) electrons. The largest absolute Gasteiger partial charge is 0.312 e. The number of hydrogen-bond donors (Lipinski definition) is 1. The van der Waals surface area contributed by atoms with Crippen molar-refractivity contribution < 1.29 is 9.18 Å². The van der Waals surface area contributed by atoms with Crippen LogP contribution < -0.4 is 10.2 Å². The Morgan fingerprint density at radius 3 is 2.88 bits per heavy atom. The van der Waals surface area contributed by atoms with Gasteiger partial charge in [0.25, 0.3) is 0 Å². The van der Waals surface area contributed by atoms with Crippen LogP contribution in [0.15, 0.2) is 29.6 Å². The summed E-state index contributed by atoms with van der Waals surface area (Å²) in [6.07, 6.45) is 0. The van der Waals surface area contributed by atoms with E-state index in [4.69, 9.17) is 0 Å². The highest BCUT2D eigenvalue weighted by Gasteiger charge is 2.20. The maximum absolute atomic E-state index is 13.1. The second-order valence-corrected chi connectivity index (χ2v) is 6.88. The maximum Gasteiger partial charge on any atom is 0.230 e. The van der Waals surface area contributed by atoms with Gasteiger partial charge < -0.3 is 5.32 Å². The van der Waals surface area contributed by atoms with E-state index in [0.29, 0.717) is 16.9 Å². The maximum atomic E-state index is 13.1. The average Bonchev–Trinajstić information content (AvgIpc) is 2.97. The quantitative estimate of drug-likeness (QED) is 0.923. The lowest BCUT2D eigenvalue weighted by molar-refractivity contribution is -0.115. The summed E-state index contributed by atoms with van der Waals surface area (Å²) in [6, 6.07) is 6.36. The molecule has 2 aromatic rings. The molecule has 1 aliphatic heterocycles. The zero-order valence-corrected chi connectivity index (χ0v) is 14.6. The summed E-state index contributed by atoms with van der Waals surface area (Å²) in [4.78, 5) is 20.5. The number of carbonyl (C=O) groups excluding carboxylic acids is 1. The van der Waals surface area contributed by atoms with Gasteiger partial charge in [-0.05, 0) is 31.2 Å². The fraction of sp³-hybridized carbons (Fsp3) is 0.412. The van der Waals surface area contributed by atoms with Gasteiger partial charge in [0.1, 0.15) is 5.82 Å². The molecule has 1 fully saturated rings. The van der Waals surface area contributed by atoms with Crippen molar-refractivity contribution >= 4 is 28.1 Å². The van der Waals surface area contributed by atoms with Crippen molar-refractivity contribution in [3.05, 3.63) is 41.2 Å². The molecule has 0 spiro atoms. The standard InChI is InChI=1S/C17H21FN4OS/c1-12-9-21(8-7-19-12)10-15-11-24-17(20-15)22(13(2)23)16-5-3-14(18)4-6-16/h3-6,11-12,19H,7-10H2,1-2H3/t12-/m0/s1. The molecular weight excluding hydrogens is 327 g/mol. The fourth-order valence-electron chi connectivity index (χ4n) is 2.87. The highest BCUT2D eigenvalue weighted by Crippen LogP contribution is 2.29. The molecule has 0 saturated carbocycles. The lowest BCUT2D eigenvalue weighted by Gasteiger charge is -2.31. The number of benzene rings is 1. The first-order valence-electron chi connectivity index (χ1n) is 7.99. The van der Waals surface area contributed by atoms with Gasteiger partial charge in [0.15, 0.2) is 5.13 Å². The number of amides is 1. The summed E-state index contributed by atoms with van der Waals surface area (Å²) in [5.41, 5.74) is 1.58. The van der Waals surface area contributed by atoms with Crippen LogP contribution in [0.3, 0.4) is 0 Å². The number of carbonyl (C=O) groups is 1. The normalized spacial score (nSPS) is 18.5. The van der Waals surface area contributed by atoms with Crippen molar-refractivity contribution in [3.8, 4) is 0 Å². The predicted molar refractivity (Wildman–Crippen MR) is 94.1 cm³/mol. The van der Waals surface area contributed by atoms with E-state index in [1.165, 1.54) is 35.3 Å². The van der Waals surface area contributed by atoms with Crippen LogP contribution in [0.4, 0.5) is 15.2 Å². The lowest BCUT2D eigenvalue weighted by atomic mass is 10.2. The van der Waals surface area contributed by atoms with E-state index < -0.39 is 0 Å². The van der Waals surface area contributed by atoms with Crippen LogP contribution in [0.1, 0.15) is 19.5 Å². The number of aromatic nitrogens is 1. The second-order valence-electron chi connectivity index (χ2n) is 6.04. The van der Waals surface area contributed by atoms with Crippen LogP contribution in [-0.2, 0) is 11.3 Å². The summed E-state index contributed by atoms with van der Waals surface area (Å²) in [5, 5.41) is 6.02. The summed E-state index contributed by atoms with van der Waals surface area (Å²) in [6.45, 7) is 7.39. The molecule has 1 aliphatic rings. The van der Waals surface area contributed by atoms with Gasteiger partial charge in [-0.15, -0.1) is 11.3 Å². The van der Waals surface area contributed by atoms with Gasteiger partial charge in [0.05, 0.1) is 11.4 Å². The molecule has 1 aromatic heterocycles. The minimum absolute atomic E-state index is 0.140. The van der Waals surface area contributed by atoms with Gasteiger partial charge in [-0.1, -0.05) is 0 Å². The molecule has 1 N–H and O–H groups in total. The Bertz CT molecular complexity index is 703. The Kier molecular flexibility index (Phi) is 5.23. The van der Waals surface area contributed by atoms with Crippen LogP contribution in [0.25, 0.3) is 0 Å². The number of thiazole rings is 1. The molecule has 1 amide bonds. The van der Waals surface area contributed by atoms with Crippen molar-refractivity contribution in [3.63, 3.8) is 0 Å². The minimum atomic E-state index is -0.324. The summed E-state index contributed by atoms with van der Waals surface area (Å²) in [5.74, 6) is -0.465. The van der Waals surface area contributed by atoms with E-state index >= 15 is 0 Å². The first-order chi connectivity index (χ1) is 11.5. The molecular formula is C17H21FN4OS. The first-order valence-corrected chi connectivity index (χ1v) is 8.87. The topological polar surface area (TPSA) is 48.5 Å². The van der Waals surface area contributed by atoms with E-state index in [2.05, 4.69) is 22.1 Å². The van der Waals surface area contributed by atoms with Gasteiger partial charge in [-0.3, -0.25) is 14.6 Å². The number of nitrogens with one attached hydrogen (secondary N) is 1. The molecule has 2 heterocycles. The van der Waals surface area contributed by atoms with E-state index in [-0.39, 0.29) is 11.7 Å². The fourth-order valence-corrected chi connectivity index (χ4v) is 3.75. The minimum Gasteiger partial charge on any atom is -0.312 e. The Labute approximate surface area is 145 Å². The Morgan fingerprint density at radius 1 is 1.46 bits per heavy atom. The molecule has 128 valence electrons. The van der Waals surface area contributed by atoms with Crippen LogP contribution in [0.2, 0.25) is 0 Å². The molecule has 1 saturated heterocycles. The molecule has 0 bridgehead atoms. The monoisotopic (exact) mass is 348 g/mol. The Hall–Kier alpha value is -1.83. The van der Waals surface area contributed by atoms with Crippen LogP contribution >= 0.6 is 11.3 Å². The molecule has 5 nitrogen and oxygen atoms in total. The van der Waals surface area contributed by atoms with Gasteiger partial charge in [0, 0.05) is 44.5 Å². The third-order valence-corrected chi connectivity index (χ3v) is 4.84. The van der Waals surface area contributed by atoms with Gasteiger partial charge in [-0.2, -0.15) is 0 Å². The van der Waals surface area contributed by atoms with Crippen LogP contribution in [0, 0.1) is 5.82 Å². The van der Waals surface area contributed by atoms with Crippen molar-refractivity contribution in [2.24, 2.45) is 0 Å².